The number of carbonyl (C=O) groups is 3. The van der Waals surface area contributed by atoms with Gasteiger partial charge in [-0.15, -0.1) is 0 Å². The highest BCUT2D eigenvalue weighted by atomic mass is 35.5. The molecule has 2 aromatic carbocycles. The van der Waals surface area contributed by atoms with Gasteiger partial charge in [-0.05, 0) is 68.3 Å². The molecule has 0 fully saturated rings. The number of benzene rings is 2. The molecule has 2 N–H and O–H groups in total. The van der Waals surface area contributed by atoms with E-state index in [-0.39, 0.29) is 13.0 Å². The highest BCUT2D eigenvalue weighted by Crippen LogP contribution is 2.20. The van der Waals surface area contributed by atoms with Crippen molar-refractivity contribution in [1.82, 2.24) is 5.43 Å². The number of esters is 1. The van der Waals surface area contributed by atoms with Gasteiger partial charge in [0.1, 0.15) is 12.2 Å². The minimum atomic E-state index is -0.721. The number of hydrogen-bond acceptors (Lipinski definition) is 6. The molecule has 1 atom stereocenters. The van der Waals surface area contributed by atoms with Crippen molar-refractivity contribution in [3.8, 4) is 5.75 Å². The van der Waals surface area contributed by atoms with E-state index < -0.39 is 23.9 Å². The molecule has 2 aromatic rings. The SMILES string of the molecule is CCOC(=O)C(C)Oc1ccc(C=NNC(=O)CC(=O)Nc2ccc(C)c(Cl)c2)cc1. The molecule has 0 aliphatic carbocycles. The molecule has 8 nitrogen and oxygen atoms in total. The van der Waals surface area contributed by atoms with Crippen LogP contribution in [0.1, 0.15) is 31.4 Å². The first-order chi connectivity index (χ1) is 14.8. The Morgan fingerprint density at radius 2 is 1.84 bits per heavy atom. The van der Waals surface area contributed by atoms with Gasteiger partial charge in [0.25, 0.3) is 0 Å². The number of amides is 2. The third-order valence-electron chi connectivity index (χ3n) is 3.99. The number of ether oxygens (including phenoxy) is 2. The van der Waals surface area contributed by atoms with Crippen LogP contribution in [0.3, 0.4) is 0 Å². The standard InChI is InChI=1S/C22H24ClN3O5/c1-4-30-22(29)15(3)31-18-9-6-16(7-10-18)13-24-26-21(28)12-20(27)25-17-8-5-14(2)19(23)11-17/h5-11,13,15H,4,12H2,1-3H3,(H,25,27)(H,26,28). The largest absolute Gasteiger partial charge is 0.479 e. The van der Waals surface area contributed by atoms with E-state index in [9.17, 15) is 14.4 Å². The van der Waals surface area contributed by atoms with Crippen molar-refractivity contribution >= 4 is 41.3 Å². The molecule has 31 heavy (non-hydrogen) atoms. The second-order valence-corrected chi connectivity index (χ2v) is 6.97. The minimum absolute atomic E-state index is 0.287. The van der Waals surface area contributed by atoms with E-state index in [0.29, 0.717) is 22.0 Å². The highest BCUT2D eigenvalue weighted by Gasteiger charge is 2.15. The summed E-state index contributed by atoms with van der Waals surface area (Å²) >= 11 is 6.01. The van der Waals surface area contributed by atoms with Crippen molar-refractivity contribution in [3.05, 3.63) is 58.6 Å². The molecule has 164 valence electrons. The van der Waals surface area contributed by atoms with E-state index in [4.69, 9.17) is 21.1 Å². The number of hydrazone groups is 1. The van der Waals surface area contributed by atoms with Crippen molar-refractivity contribution < 1.29 is 23.9 Å². The van der Waals surface area contributed by atoms with Gasteiger partial charge in [0.15, 0.2) is 6.10 Å². The Bertz CT molecular complexity index is 960. The molecule has 0 aliphatic heterocycles. The van der Waals surface area contributed by atoms with Crippen LogP contribution in [-0.4, -0.2) is 36.7 Å². The molecule has 0 spiro atoms. The van der Waals surface area contributed by atoms with E-state index in [1.807, 2.05) is 6.92 Å². The summed E-state index contributed by atoms with van der Waals surface area (Å²) in [6.07, 6.45) is 0.316. The molecule has 1 unspecified atom stereocenters. The van der Waals surface area contributed by atoms with Crippen LogP contribution < -0.4 is 15.5 Å². The number of rotatable bonds is 9. The predicted molar refractivity (Wildman–Crippen MR) is 118 cm³/mol. The first kappa shape index (κ1) is 23.9. The van der Waals surface area contributed by atoms with Gasteiger partial charge in [-0.3, -0.25) is 9.59 Å². The normalized spacial score (nSPS) is 11.6. The summed E-state index contributed by atoms with van der Waals surface area (Å²) in [7, 11) is 0. The Morgan fingerprint density at radius 3 is 2.48 bits per heavy atom. The fourth-order valence-electron chi connectivity index (χ4n) is 2.38. The van der Waals surface area contributed by atoms with Crippen LogP contribution >= 0.6 is 11.6 Å². The number of nitrogens with one attached hydrogen (secondary N) is 2. The molecule has 0 bridgehead atoms. The second kappa shape index (κ2) is 11.7. The fourth-order valence-corrected chi connectivity index (χ4v) is 2.56. The fraction of sp³-hybridized carbons (Fsp3) is 0.273. The molecular formula is C22H24ClN3O5. The Balaban J connectivity index is 1.79. The lowest BCUT2D eigenvalue weighted by atomic mass is 10.2. The number of anilines is 1. The lowest BCUT2D eigenvalue weighted by Gasteiger charge is -2.13. The van der Waals surface area contributed by atoms with Gasteiger partial charge in [0, 0.05) is 10.7 Å². The van der Waals surface area contributed by atoms with Gasteiger partial charge < -0.3 is 14.8 Å². The summed E-state index contributed by atoms with van der Waals surface area (Å²) in [6, 6.07) is 11.8. The van der Waals surface area contributed by atoms with Crippen molar-refractivity contribution in [2.45, 2.75) is 33.3 Å². The number of carbonyl (C=O) groups excluding carboxylic acids is 3. The van der Waals surface area contributed by atoms with E-state index in [0.717, 1.165) is 5.56 Å². The van der Waals surface area contributed by atoms with E-state index in [1.54, 1.807) is 56.3 Å². The maximum Gasteiger partial charge on any atom is 0.347 e. The van der Waals surface area contributed by atoms with Gasteiger partial charge in [-0.2, -0.15) is 5.10 Å². The van der Waals surface area contributed by atoms with Crippen molar-refractivity contribution in [1.29, 1.82) is 0 Å². The van der Waals surface area contributed by atoms with Crippen molar-refractivity contribution in [2.75, 3.05) is 11.9 Å². The third kappa shape index (κ3) is 8.10. The molecule has 2 amide bonds. The molecular weight excluding hydrogens is 422 g/mol. The van der Waals surface area contributed by atoms with Gasteiger partial charge in [-0.25, -0.2) is 10.2 Å². The monoisotopic (exact) mass is 445 g/mol. The Morgan fingerprint density at radius 1 is 1.13 bits per heavy atom. The van der Waals surface area contributed by atoms with E-state index in [1.165, 1.54) is 6.21 Å². The van der Waals surface area contributed by atoms with Gasteiger partial charge in [0.2, 0.25) is 11.8 Å². The average molecular weight is 446 g/mol. The zero-order chi connectivity index (χ0) is 22.8. The summed E-state index contributed by atoms with van der Waals surface area (Å²) in [5.41, 5.74) is 4.38. The smallest absolute Gasteiger partial charge is 0.347 e. The predicted octanol–water partition coefficient (Wildman–Crippen LogP) is 3.46. The van der Waals surface area contributed by atoms with Crippen LogP contribution in [0, 0.1) is 6.92 Å². The average Bonchev–Trinajstić information content (AvgIpc) is 2.72. The molecule has 0 radical (unpaired) electrons. The first-order valence-electron chi connectivity index (χ1n) is 9.59. The third-order valence-corrected chi connectivity index (χ3v) is 4.40. The summed E-state index contributed by atoms with van der Waals surface area (Å²) < 4.78 is 10.4. The molecule has 9 heteroatoms. The maximum atomic E-state index is 12.0. The zero-order valence-corrected chi connectivity index (χ0v) is 18.2. The molecule has 0 saturated carbocycles. The van der Waals surface area contributed by atoms with Crippen molar-refractivity contribution in [2.24, 2.45) is 5.10 Å². The Hall–Kier alpha value is -3.39. The first-order valence-corrected chi connectivity index (χ1v) is 9.97. The number of aryl methyl sites for hydroxylation is 1. The van der Waals surface area contributed by atoms with Crippen LogP contribution in [0.25, 0.3) is 0 Å². The number of hydrogen-bond donors (Lipinski definition) is 2. The van der Waals surface area contributed by atoms with Crippen LogP contribution in [0.2, 0.25) is 5.02 Å². The Labute approximate surface area is 185 Å². The lowest BCUT2D eigenvalue weighted by Crippen LogP contribution is -2.26. The topological polar surface area (TPSA) is 106 Å². The van der Waals surface area contributed by atoms with Gasteiger partial charge in [0.05, 0.1) is 12.8 Å². The van der Waals surface area contributed by atoms with Crippen LogP contribution in [0.15, 0.2) is 47.6 Å². The van der Waals surface area contributed by atoms with Crippen LogP contribution in [0.4, 0.5) is 5.69 Å². The molecule has 2 rings (SSSR count). The van der Waals surface area contributed by atoms with E-state index >= 15 is 0 Å². The minimum Gasteiger partial charge on any atom is -0.479 e. The molecule has 0 aliphatic rings. The number of halogens is 1. The van der Waals surface area contributed by atoms with Gasteiger partial charge >= 0.3 is 5.97 Å². The quantitative estimate of drug-likeness (QED) is 0.266. The molecule has 0 heterocycles. The summed E-state index contributed by atoms with van der Waals surface area (Å²) in [4.78, 5) is 35.4. The highest BCUT2D eigenvalue weighted by molar-refractivity contribution is 6.31. The zero-order valence-electron chi connectivity index (χ0n) is 17.5. The molecule has 0 saturated heterocycles. The number of nitrogens with zero attached hydrogens (tertiary/aromatic N) is 1. The second-order valence-electron chi connectivity index (χ2n) is 6.56. The summed E-state index contributed by atoms with van der Waals surface area (Å²) in [5.74, 6) is -0.986. The molecule has 0 aromatic heterocycles. The van der Waals surface area contributed by atoms with E-state index in [2.05, 4.69) is 15.8 Å². The maximum absolute atomic E-state index is 12.0. The lowest BCUT2D eigenvalue weighted by molar-refractivity contribution is -0.150. The van der Waals surface area contributed by atoms with Gasteiger partial charge in [-0.1, -0.05) is 17.7 Å². The van der Waals surface area contributed by atoms with Crippen LogP contribution in [-0.2, 0) is 19.1 Å². The van der Waals surface area contributed by atoms with Crippen molar-refractivity contribution in [3.63, 3.8) is 0 Å². The Kier molecular flexibility index (Phi) is 9.02. The van der Waals surface area contributed by atoms with Crippen LogP contribution in [0.5, 0.6) is 5.75 Å². The summed E-state index contributed by atoms with van der Waals surface area (Å²) in [5, 5.41) is 6.96. The summed E-state index contributed by atoms with van der Waals surface area (Å²) in [6.45, 7) is 5.47.